The van der Waals surface area contributed by atoms with Gasteiger partial charge in [0.2, 0.25) is 0 Å². The Kier molecular flexibility index (Phi) is 5.38. The third kappa shape index (κ3) is 4.53. The number of amides is 1. The zero-order chi connectivity index (χ0) is 17.0. The minimum absolute atomic E-state index is 0.0801. The first kappa shape index (κ1) is 17.4. The van der Waals surface area contributed by atoms with Crippen LogP contribution in [0.3, 0.4) is 0 Å². The Labute approximate surface area is 140 Å². The van der Waals surface area contributed by atoms with Crippen LogP contribution in [0.5, 0.6) is 5.75 Å². The molecular weight excluding hydrogens is 312 g/mol. The first-order valence-electron chi connectivity index (χ1n) is 7.38. The predicted molar refractivity (Wildman–Crippen MR) is 91.1 cm³/mol. The maximum absolute atomic E-state index is 12.2. The summed E-state index contributed by atoms with van der Waals surface area (Å²) in [6, 6.07) is 7.16. The quantitative estimate of drug-likeness (QED) is 0.882. The van der Waals surface area contributed by atoms with Crippen LogP contribution < -0.4 is 10.1 Å². The lowest BCUT2D eigenvalue weighted by Gasteiger charge is -2.14. The van der Waals surface area contributed by atoms with Crippen molar-refractivity contribution >= 4 is 17.2 Å². The van der Waals surface area contributed by atoms with Crippen molar-refractivity contribution in [2.45, 2.75) is 32.3 Å². The van der Waals surface area contributed by atoms with Crippen LogP contribution in [-0.2, 0) is 5.41 Å². The van der Waals surface area contributed by atoms with Crippen LogP contribution >= 0.6 is 11.3 Å². The molecule has 2 N–H and O–H groups in total. The maximum Gasteiger partial charge on any atom is 0.263 e. The Bertz CT molecular complexity index is 676. The highest BCUT2D eigenvalue weighted by atomic mass is 32.1. The Morgan fingerprint density at radius 1 is 1.43 bits per heavy atom. The maximum atomic E-state index is 12.2. The van der Waals surface area contributed by atoms with Crippen molar-refractivity contribution in [3.63, 3.8) is 0 Å². The van der Waals surface area contributed by atoms with Gasteiger partial charge in [0, 0.05) is 12.0 Å². The van der Waals surface area contributed by atoms with Crippen LogP contribution in [0.25, 0.3) is 0 Å². The zero-order valence-electron chi connectivity index (χ0n) is 13.8. The lowest BCUT2D eigenvalue weighted by Crippen LogP contribution is -2.27. The van der Waals surface area contributed by atoms with Gasteiger partial charge in [-0.25, -0.2) is 4.98 Å². The van der Waals surface area contributed by atoms with E-state index in [9.17, 15) is 9.90 Å². The minimum atomic E-state index is -0.788. The van der Waals surface area contributed by atoms with Gasteiger partial charge in [0.1, 0.15) is 10.6 Å². The summed E-state index contributed by atoms with van der Waals surface area (Å²) in [6.45, 7) is 6.30. The van der Waals surface area contributed by atoms with Gasteiger partial charge in [0.15, 0.2) is 0 Å². The molecule has 0 saturated carbocycles. The third-order valence-corrected chi connectivity index (χ3v) is 4.73. The predicted octanol–water partition coefficient (Wildman–Crippen LogP) is 2.91. The molecular formula is C17H22N2O3S. The molecule has 5 nitrogen and oxygen atoms in total. The van der Waals surface area contributed by atoms with Crippen molar-refractivity contribution in [3.8, 4) is 5.75 Å². The fourth-order valence-electron chi connectivity index (χ4n) is 1.97. The van der Waals surface area contributed by atoms with E-state index in [0.29, 0.717) is 16.2 Å². The number of aromatic nitrogens is 1. The molecule has 6 heteroatoms. The SMILES string of the molecule is COc1cccc(C(O)CNC(=O)c2cnc(C(C)(C)C)s2)c1. The number of nitrogens with zero attached hydrogens (tertiary/aromatic N) is 1. The number of methoxy groups -OCH3 is 1. The molecule has 2 rings (SSSR count). The monoisotopic (exact) mass is 334 g/mol. The van der Waals surface area contributed by atoms with Crippen molar-refractivity contribution in [1.82, 2.24) is 10.3 Å². The van der Waals surface area contributed by atoms with Gasteiger partial charge in [-0.15, -0.1) is 11.3 Å². The van der Waals surface area contributed by atoms with E-state index in [1.807, 2.05) is 0 Å². The average Bonchev–Trinajstić information content (AvgIpc) is 3.02. The molecule has 0 aliphatic rings. The van der Waals surface area contributed by atoms with Crippen molar-refractivity contribution in [2.24, 2.45) is 0 Å². The second-order valence-electron chi connectivity index (χ2n) is 6.28. The molecule has 1 heterocycles. The number of rotatable bonds is 5. The first-order valence-corrected chi connectivity index (χ1v) is 8.19. The van der Waals surface area contributed by atoms with Crippen LogP contribution in [-0.4, -0.2) is 29.7 Å². The first-order chi connectivity index (χ1) is 10.8. The van der Waals surface area contributed by atoms with E-state index in [1.165, 1.54) is 11.3 Å². The smallest absolute Gasteiger partial charge is 0.263 e. The summed E-state index contributed by atoms with van der Waals surface area (Å²) in [5.41, 5.74) is 0.618. The van der Waals surface area contributed by atoms with Crippen LogP contribution in [0.4, 0.5) is 0 Å². The molecule has 0 aliphatic carbocycles. The Balaban J connectivity index is 1.97. The fraction of sp³-hybridized carbons (Fsp3) is 0.412. The van der Waals surface area contributed by atoms with E-state index < -0.39 is 6.10 Å². The number of hydrogen-bond donors (Lipinski definition) is 2. The highest BCUT2D eigenvalue weighted by Crippen LogP contribution is 2.26. The van der Waals surface area contributed by atoms with Gasteiger partial charge >= 0.3 is 0 Å². The Hall–Kier alpha value is -1.92. The van der Waals surface area contributed by atoms with E-state index >= 15 is 0 Å². The molecule has 0 bridgehead atoms. The van der Waals surface area contributed by atoms with Crippen LogP contribution in [0.1, 0.15) is 47.1 Å². The lowest BCUT2D eigenvalue weighted by molar-refractivity contribution is 0.0920. The second-order valence-corrected chi connectivity index (χ2v) is 7.31. The molecule has 1 aromatic heterocycles. The number of hydrogen-bond acceptors (Lipinski definition) is 5. The topological polar surface area (TPSA) is 71.5 Å². The van der Waals surface area contributed by atoms with E-state index in [1.54, 1.807) is 37.6 Å². The highest BCUT2D eigenvalue weighted by Gasteiger charge is 2.20. The number of ether oxygens (including phenoxy) is 1. The Morgan fingerprint density at radius 2 is 2.17 bits per heavy atom. The molecule has 2 aromatic rings. The molecule has 0 fully saturated rings. The summed E-state index contributed by atoms with van der Waals surface area (Å²) in [5.74, 6) is 0.449. The number of thiazole rings is 1. The molecule has 0 saturated heterocycles. The number of aliphatic hydroxyl groups is 1. The van der Waals surface area contributed by atoms with Gasteiger partial charge < -0.3 is 15.2 Å². The van der Waals surface area contributed by atoms with Crippen LogP contribution in [0.15, 0.2) is 30.5 Å². The summed E-state index contributed by atoms with van der Waals surface area (Å²) >= 11 is 1.38. The Morgan fingerprint density at radius 3 is 2.78 bits per heavy atom. The summed E-state index contributed by atoms with van der Waals surface area (Å²) in [6.07, 6.45) is 0.794. The second kappa shape index (κ2) is 7.10. The molecule has 1 atom stereocenters. The average molecular weight is 334 g/mol. The largest absolute Gasteiger partial charge is 0.497 e. The van der Waals surface area contributed by atoms with Gasteiger partial charge in [-0.2, -0.15) is 0 Å². The fourth-order valence-corrected chi connectivity index (χ4v) is 2.86. The van der Waals surface area contributed by atoms with Gasteiger partial charge in [-0.05, 0) is 17.7 Å². The van der Waals surface area contributed by atoms with E-state index in [4.69, 9.17) is 4.74 Å². The molecule has 1 aromatic carbocycles. The lowest BCUT2D eigenvalue weighted by atomic mass is 9.98. The third-order valence-electron chi connectivity index (χ3n) is 3.31. The molecule has 0 radical (unpaired) electrons. The zero-order valence-corrected chi connectivity index (χ0v) is 14.6. The number of aliphatic hydroxyl groups excluding tert-OH is 1. The van der Waals surface area contributed by atoms with Gasteiger partial charge in [-0.1, -0.05) is 32.9 Å². The number of carbonyl (C=O) groups is 1. The molecule has 1 amide bonds. The summed E-state index contributed by atoms with van der Waals surface area (Å²) in [5, 5.41) is 13.8. The highest BCUT2D eigenvalue weighted by molar-refractivity contribution is 7.13. The van der Waals surface area contributed by atoms with Crippen molar-refractivity contribution in [2.75, 3.05) is 13.7 Å². The van der Waals surface area contributed by atoms with Crippen LogP contribution in [0.2, 0.25) is 0 Å². The van der Waals surface area contributed by atoms with E-state index in [0.717, 1.165) is 5.01 Å². The molecule has 0 spiro atoms. The number of nitrogens with one attached hydrogen (secondary N) is 1. The standard InChI is InChI=1S/C17H22N2O3S/c1-17(2,3)16-19-10-14(23-16)15(21)18-9-13(20)11-6-5-7-12(8-11)22-4/h5-8,10,13,20H,9H2,1-4H3,(H,18,21). The summed E-state index contributed by atoms with van der Waals surface area (Å²) in [4.78, 5) is 17.0. The van der Waals surface area contributed by atoms with Gasteiger partial charge in [0.05, 0.1) is 24.4 Å². The van der Waals surface area contributed by atoms with Gasteiger partial charge in [0.25, 0.3) is 5.91 Å². The summed E-state index contributed by atoms with van der Waals surface area (Å²) < 4.78 is 5.13. The molecule has 23 heavy (non-hydrogen) atoms. The van der Waals surface area contributed by atoms with Crippen molar-refractivity contribution < 1.29 is 14.6 Å². The van der Waals surface area contributed by atoms with Gasteiger partial charge in [-0.3, -0.25) is 4.79 Å². The summed E-state index contributed by atoms with van der Waals surface area (Å²) in [7, 11) is 1.57. The normalized spacial score (nSPS) is 12.7. The van der Waals surface area contributed by atoms with Crippen LogP contribution in [0, 0.1) is 0 Å². The van der Waals surface area contributed by atoms with Crippen molar-refractivity contribution in [3.05, 3.63) is 45.9 Å². The minimum Gasteiger partial charge on any atom is -0.497 e. The number of benzene rings is 1. The molecule has 124 valence electrons. The molecule has 0 aliphatic heterocycles. The molecule has 1 unspecified atom stereocenters. The van der Waals surface area contributed by atoms with E-state index in [2.05, 4.69) is 31.1 Å². The number of carbonyl (C=O) groups excluding carboxylic acids is 1. The van der Waals surface area contributed by atoms with E-state index in [-0.39, 0.29) is 17.9 Å². The van der Waals surface area contributed by atoms with Crippen molar-refractivity contribution in [1.29, 1.82) is 0 Å².